The average Bonchev–Trinajstić information content (AvgIpc) is 2.82. The van der Waals surface area contributed by atoms with Crippen molar-refractivity contribution < 1.29 is 23.5 Å². The first-order valence-corrected chi connectivity index (χ1v) is 8.39. The molecule has 1 spiro atoms. The van der Waals surface area contributed by atoms with Gasteiger partial charge in [0, 0.05) is 18.8 Å². The Balaban J connectivity index is 1.70. The quantitative estimate of drug-likeness (QED) is 0.780. The molecule has 0 bridgehead atoms. The number of carbonyl (C=O) groups is 2. The molecule has 2 aliphatic rings. The van der Waals surface area contributed by atoms with Crippen LogP contribution in [-0.4, -0.2) is 78.2 Å². The first kappa shape index (κ1) is 17.8. The second-order valence-electron chi connectivity index (χ2n) is 6.39. The SMILES string of the molecule is CCN1CC2(COCCN(C(=O)Cc3ccc(F)cn3)C2)OCC1=O. The van der Waals surface area contributed by atoms with Gasteiger partial charge in [-0.3, -0.25) is 14.6 Å². The summed E-state index contributed by atoms with van der Waals surface area (Å²) in [6, 6.07) is 2.80. The molecule has 0 aliphatic carbocycles. The molecule has 0 radical (unpaired) electrons. The van der Waals surface area contributed by atoms with Crippen LogP contribution in [0.4, 0.5) is 4.39 Å². The van der Waals surface area contributed by atoms with Gasteiger partial charge in [-0.15, -0.1) is 0 Å². The third-order valence-electron chi connectivity index (χ3n) is 4.54. The number of amides is 2. The molecule has 2 saturated heterocycles. The second kappa shape index (κ2) is 7.45. The van der Waals surface area contributed by atoms with Crippen LogP contribution in [0.2, 0.25) is 0 Å². The van der Waals surface area contributed by atoms with Crippen molar-refractivity contribution in [1.82, 2.24) is 14.8 Å². The minimum absolute atomic E-state index is 0.00124. The molecule has 0 saturated carbocycles. The molecule has 1 atom stereocenters. The third kappa shape index (κ3) is 4.13. The zero-order valence-corrected chi connectivity index (χ0v) is 14.2. The molecule has 0 N–H and O–H groups in total. The van der Waals surface area contributed by atoms with Crippen molar-refractivity contribution in [2.24, 2.45) is 0 Å². The average molecular weight is 351 g/mol. The van der Waals surface area contributed by atoms with Gasteiger partial charge in [-0.05, 0) is 19.1 Å². The number of halogens is 1. The van der Waals surface area contributed by atoms with Crippen LogP contribution < -0.4 is 0 Å². The summed E-state index contributed by atoms with van der Waals surface area (Å²) in [4.78, 5) is 31.9. The van der Waals surface area contributed by atoms with Gasteiger partial charge >= 0.3 is 0 Å². The number of pyridine rings is 1. The molecule has 1 aromatic rings. The highest BCUT2D eigenvalue weighted by Gasteiger charge is 2.43. The highest BCUT2D eigenvalue weighted by Crippen LogP contribution is 2.23. The lowest BCUT2D eigenvalue weighted by atomic mass is 10.0. The van der Waals surface area contributed by atoms with E-state index < -0.39 is 11.4 Å². The number of hydrogen-bond donors (Lipinski definition) is 0. The summed E-state index contributed by atoms with van der Waals surface area (Å²) in [6.45, 7) is 4.47. The Hall–Kier alpha value is -2.06. The Morgan fingerprint density at radius 3 is 2.96 bits per heavy atom. The van der Waals surface area contributed by atoms with Gasteiger partial charge in [-0.25, -0.2) is 4.39 Å². The third-order valence-corrected chi connectivity index (χ3v) is 4.54. The fourth-order valence-electron chi connectivity index (χ4n) is 3.15. The van der Waals surface area contributed by atoms with Crippen LogP contribution in [0.25, 0.3) is 0 Å². The van der Waals surface area contributed by atoms with E-state index in [0.29, 0.717) is 45.1 Å². The molecule has 2 amide bonds. The maximum absolute atomic E-state index is 12.9. The number of likely N-dealkylation sites (N-methyl/N-ethyl adjacent to an activating group) is 1. The van der Waals surface area contributed by atoms with Crippen molar-refractivity contribution in [1.29, 1.82) is 0 Å². The Morgan fingerprint density at radius 1 is 1.40 bits per heavy atom. The lowest BCUT2D eigenvalue weighted by Gasteiger charge is -2.42. The fraction of sp³-hybridized carbons (Fsp3) is 0.588. The van der Waals surface area contributed by atoms with Crippen molar-refractivity contribution in [3.8, 4) is 0 Å². The summed E-state index contributed by atoms with van der Waals surface area (Å²) in [5, 5.41) is 0. The molecule has 7 nitrogen and oxygen atoms in total. The molecule has 3 rings (SSSR count). The minimum atomic E-state index is -0.702. The molecule has 8 heteroatoms. The normalized spacial score (nSPS) is 24.5. The summed E-state index contributed by atoms with van der Waals surface area (Å²) in [5.74, 6) is -0.600. The van der Waals surface area contributed by atoms with Gasteiger partial charge in [0.1, 0.15) is 18.0 Å². The zero-order valence-electron chi connectivity index (χ0n) is 14.2. The Kier molecular flexibility index (Phi) is 5.29. The first-order valence-electron chi connectivity index (χ1n) is 8.39. The maximum atomic E-state index is 12.9. The summed E-state index contributed by atoms with van der Waals surface area (Å²) >= 11 is 0. The molecule has 2 aliphatic heterocycles. The van der Waals surface area contributed by atoms with Gasteiger partial charge in [-0.2, -0.15) is 0 Å². The Labute approximate surface area is 145 Å². The molecule has 1 unspecified atom stereocenters. The second-order valence-corrected chi connectivity index (χ2v) is 6.39. The van der Waals surface area contributed by atoms with E-state index in [2.05, 4.69) is 4.98 Å². The topological polar surface area (TPSA) is 72.0 Å². The van der Waals surface area contributed by atoms with Gasteiger partial charge in [-0.1, -0.05) is 0 Å². The molecule has 25 heavy (non-hydrogen) atoms. The number of hydrogen-bond acceptors (Lipinski definition) is 5. The van der Waals surface area contributed by atoms with Gasteiger partial charge in [0.25, 0.3) is 0 Å². The molecule has 2 fully saturated rings. The molecule has 136 valence electrons. The van der Waals surface area contributed by atoms with E-state index in [4.69, 9.17) is 9.47 Å². The van der Waals surface area contributed by atoms with Crippen molar-refractivity contribution in [2.45, 2.75) is 18.9 Å². The van der Waals surface area contributed by atoms with Crippen LogP contribution >= 0.6 is 0 Å². The zero-order chi connectivity index (χ0) is 17.9. The Morgan fingerprint density at radius 2 is 2.24 bits per heavy atom. The predicted octanol–water partition coefficient (Wildman–Crippen LogP) is 0.239. The van der Waals surface area contributed by atoms with E-state index in [1.807, 2.05) is 6.92 Å². The summed E-state index contributed by atoms with van der Waals surface area (Å²) < 4.78 is 24.4. The lowest BCUT2D eigenvalue weighted by molar-refractivity contribution is -0.173. The van der Waals surface area contributed by atoms with E-state index in [9.17, 15) is 14.0 Å². The number of ether oxygens (including phenoxy) is 2. The van der Waals surface area contributed by atoms with Gasteiger partial charge in [0.05, 0.1) is 38.9 Å². The monoisotopic (exact) mass is 351 g/mol. The smallest absolute Gasteiger partial charge is 0.248 e. The lowest BCUT2D eigenvalue weighted by Crippen LogP contribution is -2.61. The highest BCUT2D eigenvalue weighted by atomic mass is 19.1. The summed E-state index contributed by atoms with van der Waals surface area (Å²) in [6.07, 6.45) is 1.19. The Bertz CT molecular complexity index is 639. The molecular formula is C17H22FN3O4. The van der Waals surface area contributed by atoms with Crippen LogP contribution in [0, 0.1) is 5.82 Å². The maximum Gasteiger partial charge on any atom is 0.248 e. The number of morpholine rings is 1. The minimum Gasteiger partial charge on any atom is -0.376 e. The van der Waals surface area contributed by atoms with E-state index >= 15 is 0 Å². The fourth-order valence-corrected chi connectivity index (χ4v) is 3.15. The van der Waals surface area contributed by atoms with Crippen LogP contribution in [-0.2, 0) is 25.5 Å². The van der Waals surface area contributed by atoms with E-state index in [0.717, 1.165) is 6.20 Å². The molecule has 0 aromatic carbocycles. The van der Waals surface area contributed by atoms with Gasteiger partial charge < -0.3 is 19.3 Å². The first-order chi connectivity index (χ1) is 12.0. The number of carbonyl (C=O) groups excluding carboxylic acids is 2. The van der Waals surface area contributed by atoms with E-state index in [-0.39, 0.29) is 24.8 Å². The van der Waals surface area contributed by atoms with Crippen LogP contribution in [0.1, 0.15) is 12.6 Å². The van der Waals surface area contributed by atoms with E-state index in [1.165, 1.54) is 12.1 Å². The number of rotatable bonds is 3. The van der Waals surface area contributed by atoms with Crippen molar-refractivity contribution in [3.63, 3.8) is 0 Å². The van der Waals surface area contributed by atoms with Gasteiger partial charge in [0.2, 0.25) is 11.8 Å². The van der Waals surface area contributed by atoms with Gasteiger partial charge in [0.15, 0.2) is 0 Å². The molecule has 1 aromatic heterocycles. The van der Waals surface area contributed by atoms with Crippen molar-refractivity contribution in [2.75, 3.05) is 46.0 Å². The van der Waals surface area contributed by atoms with Crippen molar-refractivity contribution >= 4 is 11.8 Å². The predicted molar refractivity (Wildman–Crippen MR) is 86.2 cm³/mol. The standard InChI is InChI=1S/C17H22FN3O4/c1-2-20-10-17(25-9-16(20)23)11-21(5-6-24-12-17)15(22)7-14-4-3-13(18)8-19-14/h3-4,8H,2,5-7,9-12H2,1H3. The molecule has 3 heterocycles. The summed E-state index contributed by atoms with van der Waals surface area (Å²) in [5.41, 5.74) is -0.188. The van der Waals surface area contributed by atoms with E-state index in [1.54, 1.807) is 9.80 Å². The molecular weight excluding hydrogens is 329 g/mol. The van der Waals surface area contributed by atoms with Crippen LogP contribution in [0.3, 0.4) is 0 Å². The van der Waals surface area contributed by atoms with Crippen molar-refractivity contribution in [3.05, 3.63) is 29.8 Å². The highest BCUT2D eigenvalue weighted by molar-refractivity contribution is 5.79. The summed E-state index contributed by atoms with van der Waals surface area (Å²) in [7, 11) is 0. The largest absolute Gasteiger partial charge is 0.376 e. The van der Waals surface area contributed by atoms with Crippen LogP contribution in [0.5, 0.6) is 0 Å². The number of aromatic nitrogens is 1. The number of nitrogens with zero attached hydrogens (tertiary/aromatic N) is 3. The van der Waals surface area contributed by atoms with Crippen LogP contribution in [0.15, 0.2) is 18.3 Å².